The number of aromatic amines is 2. The number of ether oxygens (including phenoxy) is 1. The number of benzene rings is 2. The third kappa shape index (κ3) is 3.87. The second-order valence-corrected chi connectivity index (χ2v) is 8.01. The predicted octanol–water partition coefficient (Wildman–Crippen LogP) is 4.14. The highest BCUT2D eigenvalue weighted by Gasteiger charge is 2.26. The average molecular weight is 415 g/mol. The number of nitrogens with two attached hydrogens (primary N) is 1. The van der Waals surface area contributed by atoms with Crippen LogP contribution < -0.4 is 21.1 Å². The van der Waals surface area contributed by atoms with E-state index in [9.17, 15) is 0 Å². The van der Waals surface area contributed by atoms with Gasteiger partial charge in [-0.25, -0.2) is 0 Å². The molecule has 0 radical (unpaired) electrons. The molecule has 0 fully saturated rings. The molecule has 158 valence electrons. The van der Waals surface area contributed by atoms with Crippen LogP contribution in [0.5, 0.6) is 5.75 Å². The number of aryl methyl sites for hydroxylation is 2. The van der Waals surface area contributed by atoms with E-state index in [-0.39, 0.29) is 0 Å². The van der Waals surface area contributed by atoms with E-state index < -0.39 is 5.79 Å². The summed E-state index contributed by atoms with van der Waals surface area (Å²) in [4.78, 5) is 11.2. The Kier molecular flexibility index (Phi) is 4.67. The Morgan fingerprint density at radius 2 is 2.03 bits per heavy atom. The molecule has 1 unspecified atom stereocenters. The summed E-state index contributed by atoms with van der Waals surface area (Å²) < 4.78 is 5.30. The van der Waals surface area contributed by atoms with Crippen LogP contribution >= 0.6 is 0 Å². The first kappa shape index (κ1) is 19.3. The van der Waals surface area contributed by atoms with Crippen molar-refractivity contribution in [3.05, 3.63) is 71.8 Å². The lowest BCUT2D eigenvalue weighted by molar-refractivity contribution is 0.356. The number of aromatic nitrogens is 2. The van der Waals surface area contributed by atoms with E-state index in [1.54, 1.807) is 13.3 Å². The summed E-state index contributed by atoms with van der Waals surface area (Å²) in [6.45, 7) is 2.06. The largest absolute Gasteiger partial charge is 0.497 e. The zero-order valence-corrected chi connectivity index (χ0v) is 17.6. The third-order valence-electron chi connectivity index (χ3n) is 5.68. The lowest BCUT2D eigenvalue weighted by Crippen LogP contribution is -2.54. The van der Waals surface area contributed by atoms with Crippen molar-refractivity contribution >= 4 is 33.7 Å². The van der Waals surface area contributed by atoms with Crippen LogP contribution in [-0.4, -0.2) is 29.1 Å². The average Bonchev–Trinajstić information content (AvgIpc) is 3.33. The number of anilines is 1. The molecule has 1 atom stereocenters. The van der Waals surface area contributed by atoms with Crippen LogP contribution in [0.2, 0.25) is 0 Å². The van der Waals surface area contributed by atoms with Gasteiger partial charge in [0.05, 0.1) is 7.11 Å². The van der Waals surface area contributed by atoms with Gasteiger partial charge in [0.1, 0.15) is 11.6 Å². The fraction of sp³-hybridized carbons (Fsp3) is 0.208. The molecule has 5 rings (SSSR count). The van der Waals surface area contributed by atoms with Crippen molar-refractivity contribution in [3.8, 4) is 5.75 Å². The number of hydrogen-bond donors (Lipinski definition) is 5. The Balaban J connectivity index is 1.27. The van der Waals surface area contributed by atoms with E-state index >= 15 is 0 Å². The molecule has 1 aliphatic rings. The van der Waals surface area contributed by atoms with Gasteiger partial charge in [0.2, 0.25) is 0 Å². The summed E-state index contributed by atoms with van der Waals surface area (Å²) in [7, 11) is 1.67. The predicted molar refractivity (Wildman–Crippen MR) is 126 cm³/mol. The summed E-state index contributed by atoms with van der Waals surface area (Å²) in [5.41, 5.74) is 12.1. The Hall–Kier alpha value is -3.71. The van der Waals surface area contributed by atoms with Gasteiger partial charge in [0.25, 0.3) is 0 Å². The first-order valence-electron chi connectivity index (χ1n) is 10.3. The molecule has 2 aromatic heterocycles. The lowest BCUT2D eigenvalue weighted by atomic mass is 10.0. The number of hydrogen-bond acceptors (Lipinski definition) is 5. The lowest BCUT2D eigenvalue weighted by Gasteiger charge is -2.31. The molecule has 31 heavy (non-hydrogen) atoms. The smallest absolute Gasteiger partial charge is 0.183 e. The van der Waals surface area contributed by atoms with Crippen LogP contribution in [-0.2, 0) is 6.42 Å². The first-order valence-corrected chi connectivity index (χ1v) is 10.3. The summed E-state index contributed by atoms with van der Waals surface area (Å²) >= 11 is 0. The van der Waals surface area contributed by atoms with E-state index in [0.29, 0.717) is 6.42 Å². The molecule has 0 spiro atoms. The van der Waals surface area contributed by atoms with Gasteiger partial charge in [-0.05, 0) is 61.4 Å². The standard InChI is InChI=1S/C24H26N6O/c1-15-11-17-12-18(3-6-21(17)28-15)29-23-8-10-27-24(25,30-23)9-7-16-14-26-22-13-19(31-2)4-5-20(16)22/h3-6,8,10-14,26,28-30H,7,9,25H2,1-2H3. The summed E-state index contributed by atoms with van der Waals surface area (Å²) in [5.74, 6) is 0.790. The van der Waals surface area contributed by atoms with Crippen LogP contribution in [0.3, 0.4) is 0 Å². The van der Waals surface area contributed by atoms with Gasteiger partial charge in [-0.2, -0.15) is 0 Å². The minimum absolute atomic E-state index is 0.650. The molecule has 0 bridgehead atoms. The second kappa shape index (κ2) is 7.52. The van der Waals surface area contributed by atoms with Crippen molar-refractivity contribution in [3.63, 3.8) is 0 Å². The van der Waals surface area contributed by atoms with Crippen molar-refractivity contribution in [1.29, 1.82) is 0 Å². The zero-order valence-electron chi connectivity index (χ0n) is 17.6. The Labute approximate surface area is 180 Å². The Bertz CT molecular complexity index is 1310. The van der Waals surface area contributed by atoms with E-state index in [1.807, 2.05) is 30.5 Å². The number of allylic oxidation sites excluding steroid dienone is 1. The molecule has 1 aliphatic heterocycles. The van der Waals surface area contributed by atoms with Crippen LogP contribution in [0, 0.1) is 6.92 Å². The molecule has 7 nitrogen and oxygen atoms in total. The Morgan fingerprint density at radius 1 is 1.13 bits per heavy atom. The number of nitrogens with one attached hydrogen (secondary N) is 4. The monoisotopic (exact) mass is 414 g/mol. The first-order chi connectivity index (χ1) is 15.0. The zero-order chi connectivity index (χ0) is 21.4. The van der Waals surface area contributed by atoms with Gasteiger partial charge < -0.3 is 25.3 Å². The molecule has 7 heteroatoms. The van der Waals surface area contributed by atoms with E-state index in [1.165, 1.54) is 16.3 Å². The van der Waals surface area contributed by atoms with E-state index in [4.69, 9.17) is 10.5 Å². The minimum Gasteiger partial charge on any atom is -0.497 e. The SMILES string of the molecule is COc1ccc2c(CCC3(N)N=CC=C(Nc4ccc5[nH]c(C)cc5c4)N3)c[nH]c2c1. The number of fused-ring (bicyclic) bond motifs is 2. The maximum Gasteiger partial charge on any atom is 0.183 e. The molecule has 2 aromatic carbocycles. The van der Waals surface area contributed by atoms with Gasteiger partial charge in [-0.3, -0.25) is 10.7 Å². The molecule has 0 amide bonds. The highest BCUT2D eigenvalue weighted by molar-refractivity contribution is 5.85. The van der Waals surface area contributed by atoms with Crippen molar-refractivity contribution in [1.82, 2.24) is 15.3 Å². The highest BCUT2D eigenvalue weighted by Crippen LogP contribution is 2.26. The van der Waals surface area contributed by atoms with Gasteiger partial charge in [-0.15, -0.1) is 0 Å². The molecule has 6 N–H and O–H groups in total. The highest BCUT2D eigenvalue weighted by atomic mass is 16.5. The van der Waals surface area contributed by atoms with Gasteiger partial charge >= 0.3 is 0 Å². The molecular formula is C24H26N6O. The van der Waals surface area contributed by atoms with Gasteiger partial charge in [-0.1, -0.05) is 0 Å². The number of methoxy groups -OCH3 is 1. The molecular weight excluding hydrogens is 388 g/mol. The molecule has 0 saturated heterocycles. The summed E-state index contributed by atoms with van der Waals surface area (Å²) in [6.07, 6.45) is 7.13. The van der Waals surface area contributed by atoms with Crippen molar-refractivity contribution in [2.75, 3.05) is 12.4 Å². The van der Waals surface area contributed by atoms with E-state index in [0.717, 1.165) is 40.4 Å². The van der Waals surface area contributed by atoms with Crippen molar-refractivity contribution < 1.29 is 4.74 Å². The number of rotatable bonds is 6. The summed E-state index contributed by atoms with van der Waals surface area (Å²) in [6, 6.07) is 14.4. The minimum atomic E-state index is -0.873. The van der Waals surface area contributed by atoms with Crippen molar-refractivity contribution in [2.24, 2.45) is 10.7 Å². The van der Waals surface area contributed by atoms with Crippen LogP contribution in [0.4, 0.5) is 5.69 Å². The van der Waals surface area contributed by atoms with Crippen LogP contribution in [0.15, 0.2) is 65.6 Å². The molecule has 0 saturated carbocycles. The number of nitrogens with zero attached hydrogens (tertiary/aromatic N) is 1. The fourth-order valence-electron chi connectivity index (χ4n) is 4.09. The second-order valence-electron chi connectivity index (χ2n) is 8.01. The summed E-state index contributed by atoms with van der Waals surface area (Å²) in [5, 5.41) is 9.11. The van der Waals surface area contributed by atoms with Crippen LogP contribution in [0.25, 0.3) is 21.8 Å². The quantitative estimate of drug-likeness (QED) is 0.327. The van der Waals surface area contributed by atoms with Gasteiger partial charge in [0.15, 0.2) is 5.79 Å². The normalized spacial score (nSPS) is 18.2. The topological polar surface area (TPSA) is 103 Å². The fourth-order valence-corrected chi connectivity index (χ4v) is 4.09. The number of aliphatic imine (C=N–C) groups is 1. The molecule has 3 heterocycles. The van der Waals surface area contributed by atoms with Gasteiger partial charge in [0, 0.05) is 58.1 Å². The molecule has 4 aromatic rings. The third-order valence-corrected chi connectivity index (χ3v) is 5.68. The van der Waals surface area contributed by atoms with E-state index in [2.05, 4.69) is 56.8 Å². The van der Waals surface area contributed by atoms with Crippen molar-refractivity contribution in [2.45, 2.75) is 25.6 Å². The maximum atomic E-state index is 6.58. The Morgan fingerprint density at radius 3 is 2.90 bits per heavy atom. The maximum absolute atomic E-state index is 6.58. The van der Waals surface area contributed by atoms with Crippen LogP contribution in [0.1, 0.15) is 17.7 Å². The number of H-pyrrole nitrogens is 2. The molecule has 0 aliphatic carbocycles.